The molecule has 0 atom stereocenters. The summed E-state index contributed by atoms with van der Waals surface area (Å²) >= 11 is 0. The summed E-state index contributed by atoms with van der Waals surface area (Å²) in [4.78, 5) is 0. The molecule has 0 saturated carbocycles. The van der Waals surface area contributed by atoms with E-state index in [0.29, 0.717) is 12.4 Å². The van der Waals surface area contributed by atoms with Crippen LogP contribution in [-0.4, -0.2) is 6.61 Å². The van der Waals surface area contributed by atoms with Crippen LogP contribution in [0.15, 0.2) is 25.0 Å². The number of rotatable bonds is 3. The summed E-state index contributed by atoms with van der Waals surface area (Å²) in [5, 5.41) is 0. The molecule has 0 heterocycles. The Morgan fingerprint density at radius 3 is 2.50 bits per heavy atom. The molecule has 0 fully saturated rings. The average Bonchev–Trinajstić information content (AvgIpc) is 1.95. The van der Waals surface area contributed by atoms with Gasteiger partial charge in [-0.1, -0.05) is 18.6 Å². The van der Waals surface area contributed by atoms with Crippen molar-refractivity contribution in [2.75, 3.05) is 6.61 Å². The number of hydrogen-bond donors (Lipinski definition) is 0. The Bertz CT molecular complexity index is 220. The van der Waals surface area contributed by atoms with Crippen molar-refractivity contribution in [1.29, 1.82) is 0 Å². The fourth-order valence-corrected chi connectivity index (χ4v) is 0.453. The van der Waals surface area contributed by atoms with Gasteiger partial charge in [-0.2, -0.15) is 0 Å². The molecule has 66 valence electrons. The lowest BCUT2D eigenvalue weighted by atomic mass is 9.98. The molecule has 0 spiro atoms. The van der Waals surface area contributed by atoms with Crippen molar-refractivity contribution < 1.29 is 4.74 Å². The first-order valence-corrected chi connectivity index (χ1v) is 3.91. The highest BCUT2D eigenvalue weighted by molar-refractivity contribution is 5.22. The summed E-state index contributed by atoms with van der Waals surface area (Å²) < 4.78 is 5.10. The lowest BCUT2D eigenvalue weighted by Gasteiger charge is -2.07. The summed E-state index contributed by atoms with van der Waals surface area (Å²) in [5.74, 6) is 6.37. The van der Waals surface area contributed by atoms with Crippen LogP contribution in [0, 0.1) is 17.3 Å². The third-order valence-corrected chi connectivity index (χ3v) is 0.952. The number of hydrogen-bond acceptors (Lipinski definition) is 1. The van der Waals surface area contributed by atoms with E-state index in [1.165, 1.54) is 0 Å². The van der Waals surface area contributed by atoms with Crippen molar-refractivity contribution in [1.82, 2.24) is 0 Å². The third-order valence-electron chi connectivity index (χ3n) is 0.952. The fraction of sp³-hybridized carbons (Fsp3) is 0.455. The maximum absolute atomic E-state index is 5.10. The lowest BCUT2D eigenvalue weighted by Crippen LogP contribution is -2.00. The minimum Gasteiger partial charge on any atom is -0.482 e. The van der Waals surface area contributed by atoms with Gasteiger partial charge in [0.25, 0.3) is 0 Å². The molecule has 0 radical (unpaired) electrons. The Labute approximate surface area is 75.1 Å². The zero-order chi connectivity index (χ0) is 9.61. The Kier molecular flexibility index (Phi) is 4.21. The van der Waals surface area contributed by atoms with Gasteiger partial charge in [-0.3, -0.25) is 0 Å². The molecule has 0 rings (SSSR count). The summed E-state index contributed by atoms with van der Waals surface area (Å²) in [6, 6.07) is 0. The standard InChI is InChI=1S/C11H16O/c1-6-9-12-10(2)7-8-11(3,4)5/h6H,1-2,9H2,3-5H3. The zero-order valence-electron chi connectivity index (χ0n) is 8.11. The molecule has 0 aliphatic carbocycles. The number of allylic oxidation sites excluding steroid dienone is 1. The fourth-order valence-electron chi connectivity index (χ4n) is 0.453. The largest absolute Gasteiger partial charge is 0.482 e. The van der Waals surface area contributed by atoms with E-state index in [-0.39, 0.29) is 5.41 Å². The second kappa shape index (κ2) is 4.66. The molecule has 1 heteroatoms. The van der Waals surface area contributed by atoms with Gasteiger partial charge in [0.2, 0.25) is 0 Å². The molecular weight excluding hydrogens is 148 g/mol. The van der Waals surface area contributed by atoms with Gasteiger partial charge in [0.15, 0.2) is 5.76 Å². The number of ether oxygens (including phenoxy) is 1. The smallest absolute Gasteiger partial charge is 0.163 e. The van der Waals surface area contributed by atoms with Gasteiger partial charge in [-0.05, 0) is 33.3 Å². The molecule has 12 heavy (non-hydrogen) atoms. The normalized spacial score (nSPS) is 9.58. The molecule has 0 aliphatic rings. The highest BCUT2D eigenvalue weighted by Crippen LogP contribution is 2.10. The molecular formula is C11H16O. The first kappa shape index (κ1) is 10.8. The van der Waals surface area contributed by atoms with Gasteiger partial charge in [0.1, 0.15) is 6.61 Å². The highest BCUT2D eigenvalue weighted by atomic mass is 16.5. The molecule has 0 aromatic rings. The highest BCUT2D eigenvalue weighted by Gasteiger charge is 2.03. The molecule has 0 aromatic heterocycles. The van der Waals surface area contributed by atoms with E-state index in [2.05, 4.69) is 25.0 Å². The van der Waals surface area contributed by atoms with Crippen molar-refractivity contribution in [2.24, 2.45) is 5.41 Å². The molecule has 0 N–H and O–H groups in total. The zero-order valence-corrected chi connectivity index (χ0v) is 8.11. The lowest BCUT2D eigenvalue weighted by molar-refractivity contribution is 0.267. The third kappa shape index (κ3) is 6.95. The van der Waals surface area contributed by atoms with Crippen LogP contribution in [0.4, 0.5) is 0 Å². The van der Waals surface area contributed by atoms with Gasteiger partial charge in [-0.25, -0.2) is 0 Å². The molecule has 0 aromatic carbocycles. The van der Waals surface area contributed by atoms with Crippen LogP contribution in [0.25, 0.3) is 0 Å². The van der Waals surface area contributed by atoms with Gasteiger partial charge in [-0.15, -0.1) is 0 Å². The van der Waals surface area contributed by atoms with Crippen molar-refractivity contribution in [3.8, 4) is 11.8 Å². The Morgan fingerprint density at radius 2 is 2.08 bits per heavy atom. The van der Waals surface area contributed by atoms with Crippen molar-refractivity contribution >= 4 is 0 Å². The summed E-state index contributed by atoms with van der Waals surface area (Å²) in [5.41, 5.74) is 0.000475. The Hall–Kier alpha value is -1.16. The minimum atomic E-state index is 0.000475. The van der Waals surface area contributed by atoms with E-state index in [9.17, 15) is 0 Å². The van der Waals surface area contributed by atoms with Crippen molar-refractivity contribution in [2.45, 2.75) is 20.8 Å². The van der Waals surface area contributed by atoms with Crippen LogP contribution in [0.2, 0.25) is 0 Å². The van der Waals surface area contributed by atoms with E-state index in [4.69, 9.17) is 4.74 Å². The van der Waals surface area contributed by atoms with Crippen molar-refractivity contribution in [3.05, 3.63) is 25.0 Å². The van der Waals surface area contributed by atoms with E-state index in [1.807, 2.05) is 20.8 Å². The average molecular weight is 164 g/mol. The van der Waals surface area contributed by atoms with Crippen LogP contribution >= 0.6 is 0 Å². The molecule has 0 amide bonds. The molecule has 0 unspecified atom stereocenters. The molecule has 0 saturated heterocycles. The first-order valence-electron chi connectivity index (χ1n) is 3.91. The van der Waals surface area contributed by atoms with Crippen molar-refractivity contribution in [3.63, 3.8) is 0 Å². The van der Waals surface area contributed by atoms with E-state index in [1.54, 1.807) is 6.08 Å². The summed E-state index contributed by atoms with van der Waals surface area (Å²) in [6.07, 6.45) is 1.67. The van der Waals surface area contributed by atoms with Gasteiger partial charge in [0, 0.05) is 5.41 Å². The quantitative estimate of drug-likeness (QED) is 0.354. The van der Waals surface area contributed by atoms with Crippen LogP contribution in [-0.2, 0) is 4.74 Å². The first-order chi connectivity index (χ1) is 5.45. The second-order valence-corrected chi connectivity index (χ2v) is 3.52. The second-order valence-electron chi connectivity index (χ2n) is 3.52. The van der Waals surface area contributed by atoms with E-state index >= 15 is 0 Å². The predicted octanol–water partition coefficient (Wildman–Crippen LogP) is 2.75. The monoisotopic (exact) mass is 164 g/mol. The van der Waals surface area contributed by atoms with E-state index < -0.39 is 0 Å². The molecule has 0 bridgehead atoms. The Balaban J connectivity index is 3.96. The summed E-state index contributed by atoms with van der Waals surface area (Å²) in [6.45, 7) is 13.8. The van der Waals surface area contributed by atoms with Crippen LogP contribution in [0.3, 0.4) is 0 Å². The summed E-state index contributed by atoms with van der Waals surface area (Å²) in [7, 11) is 0. The maximum Gasteiger partial charge on any atom is 0.163 e. The van der Waals surface area contributed by atoms with Crippen LogP contribution in [0.1, 0.15) is 20.8 Å². The Morgan fingerprint density at radius 1 is 1.50 bits per heavy atom. The minimum absolute atomic E-state index is 0.000475. The maximum atomic E-state index is 5.10. The predicted molar refractivity (Wildman–Crippen MR) is 52.5 cm³/mol. The van der Waals surface area contributed by atoms with Crippen LogP contribution in [0.5, 0.6) is 0 Å². The van der Waals surface area contributed by atoms with E-state index in [0.717, 1.165) is 0 Å². The van der Waals surface area contributed by atoms with Crippen LogP contribution < -0.4 is 0 Å². The molecule has 0 aliphatic heterocycles. The van der Waals surface area contributed by atoms with Gasteiger partial charge >= 0.3 is 0 Å². The molecule has 1 nitrogen and oxygen atoms in total. The SMILES string of the molecule is C=CCOC(=C)C#CC(C)(C)C. The van der Waals surface area contributed by atoms with Gasteiger partial charge in [0.05, 0.1) is 0 Å². The van der Waals surface area contributed by atoms with Gasteiger partial charge < -0.3 is 4.74 Å². The topological polar surface area (TPSA) is 9.23 Å².